The molecule has 1 fully saturated rings. The van der Waals surface area contributed by atoms with Crippen LogP contribution in [0.2, 0.25) is 5.02 Å². The maximum atomic E-state index is 13.1. The van der Waals surface area contributed by atoms with E-state index in [9.17, 15) is 22.0 Å². The summed E-state index contributed by atoms with van der Waals surface area (Å²) in [5.74, 6) is -3.11. The SMILES string of the molecule is Cn1cc(C(=O)Nc2cc(Cl)cc(S(C)(=O)=O)c2)cc1-c1ccc(N2CC(F)(F)C2)cn1. The highest BCUT2D eigenvalue weighted by Gasteiger charge is 2.44. The molecule has 1 aromatic carbocycles. The summed E-state index contributed by atoms with van der Waals surface area (Å²) in [5.41, 5.74) is 2.41. The van der Waals surface area contributed by atoms with Gasteiger partial charge in [-0.15, -0.1) is 0 Å². The van der Waals surface area contributed by atoms with Crippen molar-refractivity contribution in [1.29, 1.82) is 0 Å². The Morgan fingerprint density at radius 3 is 2.50 bits per heavy atom. The van der Waals surface area contributed by atoms with Crippen LogP contribution >= 0.6 is 11.6 Å². The Kier molecular flexibility index (Phi) is 5.46. The van der Waals surface area contributed by atoms with Gasteiger partial charge in [0.25, 0.3) is 11.8 Å². The molecule has 2 aromatic heterocycles. The predicted molar refractivity (Wildman–Crippen MR) is 118 cm³/mol. The first-order valence-electron chi connectivity index (χ1n) is 9.49. The highest BCUT2D eigenvalue weighted by Crippen LogP contribution is 2.32. The topological polar surface area (TPSA) is 84.3 Å². The summed E-state index contributed by atoms with van der Waals surface area (Å²) in [4.78, 5) is 18.6. The molecule has 0 unspecified atom stereocenters. The number of nitrogens with zero attached hydrogens (tertiary/aromatic N) is 3. The van der Waals surface area contributed by atoms with Crippen LogP contribution in [0.25, 0.3) is 11.4 Å². The average Bonchev–Trinajstić information content (AvgIpc) is 3.07. The van der Waals surface area contributed by atoms with Gasteiger partial charge < -0.3 is 14.8 Å². The minimum absolute atomic E-state index is 0.00157. The number of rotatable bonds is 5. The average molecular weight is 481 g/mol. The molecular formula is C21H19ClF2N4O3S. The largest absolute Gasteiger partial charge is 0.358 e. The van der Waals surface area contributed by atoms with Crippen molar-refractivity contribution in [3.8, 4) is 11.4 Å². The van der Waals surface area contributed by atoms with Crippen LogP contribution in [0.5, 0.6) is 0 Å². The number of halogens is 3. The first-order valence-corrected chi connectivity index (χ1v) is 11.8. The molecule has 1 amide bonds. The fourth-order valence-corrected chi connectivity index (χ4v) is 4.40. The number of benzene rings is 1. The van der Waals surface area contributed by atoms with Gasteiger partial charge in [0, 0.05) is 30.2 Å². The highest BCUT2D eigenvalue weighted by molar-refractivity contribution is 7.90. The molecule has 1 aliphatic heterocycles. The second-order valence-electron chi connectivity index (χ2n) is 7.74. The summed E-state index contributed by atoms with van der Waals surface area (Å²) in [7, 11) is -1.75. The van der Waals surface area contributed by atoms with Crippen molar-refractivity contribution < 1.29 is 22.0 Å². The molecule has 1 aliphatic rings. The number of sulfone groups is 1. The number of amides is 1. The fraction of sp³-hybridized carbons (Fsp3) is 0.238. The molecule has 168 valence electrons. The lowest BCUT2D eigenvalue weighted by atomic mass is 10.1. The molecule has 3 heterocycles. The summed E-state index contributed by atoms with van der Waals surface area (Å²) in [6, 6.07) is 9.16. The van der Waals surface area contributed by atoms with E-state index < -0.39 is 21.7 Å². The van der Waals surface area contributed by atoms with Crippen molar-refractivity contribution in [3.05, 3.63) is 59.4 Å². The van der Waals surface area contributed by atoms with Crippen LogP contribution in [-0.2, 0) is 16.9 Å². The number of hydrogen-bond donors (Lipinski definition) is 1. The van der Waals surface area contributed by atoms with Gasteiger partial charge in [0.05, 0.1) is 46.8 Å². The molecule has 0 saturated carbocycles. The van der Waals surface area contributed by atoms with E-state index >= 15 is 0 Å². The Labute approximate surface area is 188 Å². The van der Waals surface area contributed by atoms with E-state index in [1.165, 1.54) is 29.3 Å². The minimum atomic E-state index is -3.49. The van der Waals surface area contributed by atoms with Crippen LogP contribution in [0.4, 0.5) is 20.2 Å². The summed E-state index contributed by atoms with van der Waals surface area (Å²) in [6.45, 7) is -0.653. The molecule has 3 aromatic rings. The lowest BCUT2D eigenvalue weighted by Crippen LogP contribution is -2.56. The van der Waals surface area contributed by atoms with Crippen LogP contribution in [0, 0.1) is 0 Å². The number of carbonyl (C=O) groups excluding carboxylic acids is 1. The molecule has 0 radical (unpaired) electrons. The molecule has 11 heteroatoms. The molecule has 32 heavy (non-hydrogen) atoms. The smallest absolute Gasteiger partial charge is 0.282 e. The fourth-order valence-electron chi connectivity index (χ4n) is 3.41. The lowest BCUT2D eigenvalue weighted by Gasteiger charge is -2.40. The Balaban J connectivity index is 1.52. The van der Waals surface area contributed by atoms with Crippen LogP contribution in [0.15, 0.2) is 53.7 Å². The summed E-state index contributed by atoms with van der Waals surface area (Å²) in [5, 5.41) is 2.83. The van der Waals surface area contributed by atoms with E-state index in [0.717, 1.165) is 6.26 Å². The summed E-state index contributed by atoms with van der Waals surface area (Å²) < 4.78 is 51.4. The van der Waals surface area contributed by atoms with Gasteiger partial charge in [-0.3, -0.25) is 9.78 Å². The first-order chi connectivity index (χ1) is 14.9. The normalized spacial score (nSPS) is 15.3. The monoisotopic (exact) mass is 480 g/mol. The Bertz CT molecular complexity index is 1300. The summed E-state index contributed by atoms with van der Waals surface area (Å²) in [6.07, 6.45) is 4.19. The maximum absolute atomic E-state index is 13.1. The minimum Gasteiger partial charge on any atom is -0.358 e. The molecular weight excluding hydrogens is 462 g/mol. The van der Waals surface area contributed by atoms with Gasteiger partial charge in [-0.25, -0.2) is 17.2 Å². The first kappa shape index (κ1) is 22.2. The van der Waals surface area contributed by atoms with Crippen molar-refractivity contribution in [2.75, 3.05) is 29.6 Å². The standard InChI is InChI=1S/C21H19ClF2N4O3S/c1-27-10-13(20(29)26-15-6-14(22)7-17(8-15)32(2,30)31)5-19(27)18-4-3-16(9-25-18)28-11-21(23,24)12-28/h3-10H,11-12H2,1-2H3,(H,26,29). The van der Waals surface area contributed by atoms with Gasteiger partial charge in [0.2, 0.25) is 0 Å². The van der Waals surface area contributed by atoms with Crippen molar-refractivity contribution in [2.24, 2.45) is 7.05 Å². The molecule has 0 aliphatic carbocycles. The number of aromatic nitrogens is 2. The van der Waals surface area contributed by atoms with Gasteiger partial charge >= 0.3 is 0 Å². The zero-order valence-corrected chi connectivity index (χ0v) is 18.7. The molecule has 1 saturated heterocycles. The Morgan fingerprint density at radius 2 is 1.91 bits per heavy atom. The quantitative estimate of drug-likeness (QED) is 0.599. The zero-order valence-electron chi connectivity index (χ0n) is 17.1. The second kappa shape index (κ2) is 7.86. The van der Waals surface area contributed by atoms with Crippen molar-refractivity contribution in [3.63, 3.8) is 0 Å². The predicted octanol–water partition coefficient (Wildman–Crippen LogP) is 3.85. The number of anilines is 2. The molecule has 0 spiro atoms. The molecule has 1 N–H and O–H groups in total. The maximum Gasteiger partial charge on any atom is 0.282 e. The van der Waals surface area contributed by atoms with Crippen LogP contribution in [0.3, 0.4) is 0 Å². The summed E-state index contributed by atoms with van der Waals surface area (Å²) >= 11 is 5.99. The van der Waals surface area contributed by atoms with Crippen LogP contribution in [0.1, 0.15) is 10.4 Å². The van der Waals surface area contributed by atoms with Crippen molar-refractivity contribution in [2.45, 2.75) is 10.8 Å². The third-order valence-corrected chi connectivity index (χ3v) is 6.35. The number of carbonyl (C=O) groups is 1. The van der Waals surface area contributed by atoms with Gasteiger partial charge in [0.15, 0.2) is 9.84 Å². The Hall–Kier alpha value is -2.98. The zero-order chi connectivity index (χ0) is 23.3. The molecule has 4 rings (SSSR count). The molecule has 0 bridgehead atoms. The van der Waals surface area contributed by atoms with Crippen molar-refractivity contribution in [1.82, 2.24) is 9.55 Å². The molecule has 0 atom stereocenters. The number of nitrogens with one attached hydrogen (secondary N) is 1. The van der Waals surface area contributed by atoms with Gasteiger partial charge in [-0.1, -0.05) is 11.6 Å². The van der Waals surface area contributed by atoms with Crippen molar-refractivity contribution >= 4 is 38.7 Å². The number of pyridine rings is 1. The van der Waals surface area contributed by atoms with E-state index in [-0.39, 0.29) is 28.7 Å². The third-order valence-electron chi connectivity index (χ3n) is 5.04. The van der Waals surface area contributed by atoms with Gasteiger partial charge in [0.1, 0.15) is 0 Å². The van der Waals surface area contributed by atoms with Gasteiger partial charge in [-0.05, 0) is 36.4 Å². The van der Waals surface area contributed by atoms with E-state index in [1.54, 1.807) is 36.0 Å². The number of alkyl halides is 2. The highest BCUT2D eigenvalue weighted by atomic mass is 35.5. The van der Waals surface area contributed by atoms with E-state index in [0.29, 0.717) is 22.6 Å². The lowest BCUT2D eigenvalue weighted by molar-refractivity contribution is -0.0262. The van der Waals surface area contributed by atoms with Crippen LogP contribution < -0.4 is 10.2 Å². The van der Waals surface area contributed by atoms with E-state index in [4.69, 9.17) is 11.6 Å². The number of aryl methyl sites for hydroxylation is 1. The van der Waals surface area contributed by atoms with E-state index in [1.807, 2.05) is 0 Å². The molecule has 7 nitrogen and oxygen atoms in total. The third kappa shape index (κ3) is 4.61. The Morgan fingerprint density at radius 1 is 1.19 bits per heavy atom. The van der Waals surface area contributed by atoms with Gasteiger partial charge in [-0.2, -0.15) is 0 Å². The second-order valence-corrected chi connectivity index (χ2v) is 10.2. The van der Waals surface area contributed by atoms with Crippen LogP contribution in [-0.4, -0.2) is 49.1 Å². The van der Waals surface area contributed by atoms with E-state index in [2.05, 4.69) is 10.3 Å². The number of hydrogen-bond acceptors (Lipinski definition) is 5.